The molecule has 2 aliphatic heterocycles. The third kappa shape index (κ3) is 4.31. The summed E-state index contributed by atoms with van der Waals surface area (Å²) in [6.07, 6.45) is 0. The van der Waals surface area contributed by atoms with Crippen LogP contribution in [-0.2, 0) is 0 Å². The van der Waals surface area contributed by atoms with Gasteiger partial charge in [-0.05, 0) is 42.5 Å². The van der Waals surface area contributed by atoms with Crippen LogP contribution in [-0.4, -0.2) is 43.9 Å². The number of nitrogens with zero attached hydrogens (tertiary/aromatic N) is 2. The number of ether oxygens (including phenoxy) is 2. The Labute approximate surface area is 201 Å². The minimum atomic E-state index is -0.122. The molecule has 2 amide bonds. The topological polar surface area (TPSA) is 88.3 Å². The number of para-hydroxylation sites is 3. The van der Waals surface area contributed by atoms with E-state index in [0.29, 0.717) is 47.3 Å². The zero-order valence-corrected chi connectivity index (χ0v) is 19.0. The van der Waals surface area contributed by atoms with Gasteiger partial charge in [0.2, 0.25) is 6.79 Å². The smallest absolute Gasteiger partial charge is 0.321 e. The van der Waals surface area contributed by atoms with Crippen molar-refractivity contribution in [2.24, 2.45) is 4.99 Å². The van der Waals surface area contributed by atoms with E-state index >= 15 is 0 Å². The quantitative estimate of drug-likeness (QED) is 0.462. The number of piperazine rings is 1. The van der Waals surface area contributed by atoms with Crippen LogP contribution < -0.4 is 25.5 Å². The Morgan fingerprint density at radius 2 is 1.71 bits per heavy atom. The third-order valence-electron chi connectivity index (χ3n) is 6.10. The first-order valence-corrected chi connectivity index (χ1v) is 11.6. The van der Waals surface area contributed by atoms with Gasteiger partial charge in [0.1, 0.15) is 11.3 Å². The standard InChI is InChI=1S/C27H24N4O4/c32-27(31-13-11-28-12-14-31)30-21-7-3-2-6-20(21)29-22-16-25(35-23-8-4-1-5-19(22)23)18-9-10-24-26(15-18)34-17-33-24/h1-10,15-16,28H,11-14,17H2,(H,30,32)/b29-22+. The van der Waals surface area contributed by atoms with E-state index in [1.54, 1.807) is 0 Å². The van der Waals surface area contributed by atoms with Crippen molar-refractivity contribution in [3.63, 3.8) is 0 Å². The molecule has 3 aromatic carbocycles. The second kappa shape index (κ2) is 9.15. The summed E-state index contributed by atoms with van der Waals surface area (Å²) >= 11 is 0. The molecular formula is C27H24N4O4. The summed E-state index contributed by atoms with van der Waals surface area (Å²) in [6, 6.07) is 22.9. The van der Waals surface area contributed by atoms with Gasteiger partial charge in [-0.2, -0.15) is 0 Å². The fraction of sp³-hybridized carbons (Fsp3) is 0.185. The molecule has 0 atom stereocenters. The zero-order valence-electron chi connectivity index (χ0n) is 19.0. The van der Waals surface area contributed by atoms with E-state index in [9.17, 15) is 4.79 Å². The van der Waals surface area contributed by atoms with Crippen LogP contribution in [0.4, 0.5) is 16.2 Å². The molecule has 6 rings (SSSR count). The van der Waals surface area contributed by atoms with Gasteiger partial charge in [0, 0.05) is 43.2 Å². The van der Waals surface area contributed by atoms with Crippen LogP contribution in [0.5, 0.6) is 11.5 Å². The molecular weight excluding hydrogens is 444 g/mol. The molecule has 2 N–H and O–H groups in total. The highest BCUT2D eigenvalue weighted by Crippen LogP contribution is 2.36. The Morgan fingerprint density at radius 3 is 2.63 bits per heavy atom. The Balaban J connectivity index is 1.42. The number of hydrogen-bond acceptors (Lipinski definition) is 6. The maximum Gasteiger partial charge on any atom is 0.321 e. The number of anilines is 1. The molecule has 0 aliphatic carbocycles. The summed E-state index contributed by atoms with van der Waals surface area (Å²) in [4.78, 5) is 19.6. The molecule has 35 heavy (non-hydrogen) atoms. The highest BCUT2D eigenvalue weighted by atomic mass is 16.7. The molecule has 8 nitrogen and oxygen atoms in total. The first-order chi connectivity index (χ1) is 17.2. The molecule has 2 aliphatic rings. The summed E-state index contributed by atoms with van der Waals surface area (Å²) in [5.41, 5.74) is 2.90. The molecule has 1 fully saturated rings. The van der Waals surface area contributed by atoms with E-state index in [1.807, 2.05) is 77.7 Å². The van der Waals surface area contributed by atoms with Crippen LogP contribution in [0.2, 0.25) is 0 Å². The van der Waals surface area contributed by atoms with Gasteiger partial charge in [-0.3, -0.25) is 0 Å². The monoisotopic (exact) mass is 468 g/mol. The lowest BCUT2D eigenvalue weighted by Gasteiger charge is -2.27. The first-order valence-electron chi connectivity index (χ1n) is 11.6. The van der Waals surface area contributed by atoms with E-state index in [0.717, 1.165) is 29.4 Å². The number of benzene rings is 3. The lowest BCUT2D eigenvalue weighted by Crippen LogP contribution is -2.48. The predicted molar refractivity (Wildman–Crippen MR) is 133 cm³/mol. The number of urea groups is 1. The lowest BCUT2D eigenvalue weighted by molar-refractivity contribution is 0.174. The fourth-order valence-corrected chi connectivity index (χ4v) is 4.27. The van der Waals surface area contributed by atoms with Gasteiger partial charge >= 0.3 is 6.03 Å². The second-order valence-corrected chi connectivity index (χ2v) is 8.36. The van der Waals surface area contributed by atoms with Crippen molar-refractivity contribution in [1.29, 1.82) is 0 Å². The summed E-state index contributed by atoms with van der Waals surface area (Å²) < 4.78 is 17.2. The van der Waals surface area contributed by atoms with Gasteiger partial charge in [-0.25, -0.2) is 9.79 Å². The van der Waals surface area contributed by atoms with Crippen molar-refractivity contribution in [2.75, 3.05) is 38.3 Å². The van der Waals surface area contributed by atoms with Crippen molar-refractivity contribution in [3.05, 3.63) is 78.2 Å². The van der Waals surface area contributed by atoms with Crippen LogP contribution in [0.25, 0.3) is 22.3 Å². The minimum absolute atomic E-state index is 0.122. The van der Waals surface area contributed by atoms with Crippen molar-refractivity contribution in [1.82, 2.24) is 10.2 Å². The Kier molecular flexibility index (Phi) is 5.56. The SMILES string of the molecule is O=C(Nc1ccccc1/N=c1\cc(-c2ccc3c(c2)OCO3)oc2ccccc12)N1CCNCC1. The number of carbonyl (C=O) groups is 1. The number of carbonyl (C=O) groups excluding carboxylic acids is 1. The average molecular weight is 469 g/mol. The molecule has 1 saturated heterocycles. The van der Waals surface area contributed by atoms with Gasteiger partial charge < -0.3 is 29.4 Å². The number of amides is 2. The van der Waals surface area contributed by atoms with Gasteiger partial charge in [-0.1, -0.05) is 24.3 Å². The Hall–Kier alpha value is -4.30. The van der Waals surface area contributed by atoms with E-state index < -0.39 is 0 Å². The maximum atomic E-state index is 12.8. The third-order valence-corrected chi connectivity index (χ3v) is 6.10. The van der Waals surface area contributed by atoms with Crippen molar-refractivity contribution < 1.29 is 18.7 Å². The number of nitrogens with one attached hydrogen (secondary N) is 2. The molecule has 0 unspecified atom stereocenters. The summed E-state index contributed by atoms with van der Waals surface area (Å²) in [7, 11) is 0. The van der Waals surface area contributed by atoms with Crippen LogP contribution in [0.3, 0.4) is 0 Å². The fourth-order valence-electron chi connectivity index (χ4n) is 4.27. The van der Waals surface area contributed by atoms with Gasteiger partial charge in [0.25, 0.3) is 0 Å². The molecule has 0 spiro atoms. The van der Waals surface area contributed by atoms with Crippen molar-refractivity contribution in [3.8, 4) is 22.8 Å². The van der Waals surface area contributed by atoms with Gasteiger partial charge in [0.15, 0.2) is 11.5 Å². The number of rotatable bonds is 3. The Morgan fingerprint density at radius 1 is 0.914 bits per heavy atom. The van der Waals surface area contributed by atoms with E-state index in [4.69, 9.17) is 18.9 Å². The molecule has 176 valence electrons. The van der Waals surface area contributed by atoms with Gasteiger partial charge in [-0.15, -0.1) is 0 Å². The van der Waals surface area contributed by atoms with Crippen molar-refractivity contribution >= 4 is 28.4 Å². The van der Waals surface area contributed by atoms with Crippen LogP contribution in [0, 0.1) is 0 Å². The van der Waals surface area contributed by atoms with E-state index in [1.165, 1.54) is 0 Å². The van der Waals surface area contributed by atoms with E-state index in [2.05, 4.69) is 10.6 Å². The van der Waals surface area contributed by atoms with Gasteiger partial charge in [0.05, 0.1) is 16.7 Å². The number of fused-ring (bicyclic) bond motifs is 2. The molecule has 0 bridgehead atoms. The largest absolute Gasteiger partial charge is 0.456 e. The molecule has 1 aromatic heterocycles. The summed E-state index contributed by atoms with van der Waals surface area (Å²) in [6.45, 7) is 3.15. The summed E-state index contributed by atoms with van der Waals surface area (Å²) in [5, 5.41) is 7.91. The summed E-state index contributed by atoms with van der Waals surface area (Å²) in [5.74, 6) is 2.06. The predicted octanol–water partition coefficient (Wildman–Crippen LogP) is 4.50. The molecule has 3 heterocycles. The van der Waals surface area contributed by atoms with Crippen LogP contribution in [0.1, 0.15) is 0 Å². The highest BCUT2D eigenvalue weighted by Gasteiger charge is 2.18. The molecule has 0 saturated carbocycles. The molecule has 4 aromatic rings. The zero-order chi connectivity index (χ0) is 23.6. The van der Waals surface area contributed by atoms with Crippen molar-refractivity contribution in [2.45, 2.75) is 0 Å². The highest BCUT2D eigenvalue weighted by molar-refractivity contribution is 5.92. The number of hydrogen-bond donors (Lipinski definition) is 2. The maximum absolute atomic E-state index is 12.8. The minimum Gasteiger partial charge on any atom is -0.456 e. The second-order valence-electron chi connectivity index (χ2n) is 8.36. The first kappa shape index (κ1) is 21.2. The van der Waals surface area contributed by atoms with Crippen LogP contribution in [0.15, 0.2) is 82.2 Å². The van der Waals surface area contributed by atoms with Crippen LogP contribution >= 0.6 is 0 Å². The molecule has 8 heteroatoms. The normalized spacial score (nSPS) is 15.4. The molecule has 0 radical (unpaired) electrons. The van der Waals surface area contributed by atoms with E-state index in [-0.39, 0.29) is 12.8 Å². The lowest BCUT2D eigenvalue weighted by atomic mass is 10.1. The Bertz CT molecular complexity index is 1470. The average Bonchev–Trinajstić information content (AvgIpc) is 3.38.